The van der Waals surface area contributed by atoms with Crippen molar-refractivity contribution < 1.29 is 4.74 Å². The number of unbranched alkanes of at least 4 members (excludes halogenated alkanes) is 2. The summed E-state index contributed by atoms with van der Waals surface area (Å²) in [7, 11) is 0. The van der Waals surface area contributed by atoms with Crippen molar-refractivity contribution in [2.75, 3.05) is 6.61 Å². The molecule has 0 aliphatic heterocycles. The average molecular weight is 221 g/mol. The molecule has 2 heteroatoms. The van der Waals surface area contributed by atoms with E-state index in [9.17, 15) is 0 Å². The maximum Gasteiger partial charge on any atom is 0.125 e. The first-order valence-corrected chi connectivity index (χ1v) is 6.12. The first-order valence-electron chi connectivity index (χ1n) is 6.12. The zero-order valence-corrected chi connectivity index (χ0v) is 10.7. The first kappa shape index (κ1) is 13.0. The van der Waals surface area contributed by atoms with Crippen molar-refractivity contribution in [1.82, 2.24) is 0 Å². The van der Waals surface area contributed by atoms with E-state index in [1.165, 1.54) is 29.5 Å². The van der Waals surface area contributed by atoms with E-state index in [0.29, 0.717) is 6.54 Å². The number of rotatable bonds is 6. The van der Waals surface area contributed by atoms with Gasteiger partial charge in [0.25, 0.3) is 0 Å². The van der Waals surface area contributed by atoms with Gasteiger partial charge in [0, 0.05) is 6.54 Å². The number of hydrogen-bond acceptors (Lipinski definition) is 2. The van der Waals surface area contributed by atoms with Crippen LogP contribution in [0.15, 0.2) is 12.1 Å². The highest BCUT2D eigenvalue weighted by atomic mass is 16.5. The third kappa shape index (κ3) is 3.53. The molecule has 0 aliphatic rings. The molecule has 16 heavy (non-hydrogen) atoms. The van der Waals surface area contributed by atoms with Crippen molar-refractivity contribution in [3.63, 3.8) is 0 Å². The van der Waals surface area contributed by atoms with Gasteiger partial charge in [0.05, 0.1) is 6.61 Å². The van der Waals surface area contributed by atoms with Crippen molar-refractivity contribution in [1.29, 1.82) is 0 Å². The summed E-state index contributed by atoms with van der Waals surface area (Å²) in [6.07, 6.45) is 3.60. The Bertz CT molecular complexity index is 311. The molecule has 0 saturated heterocycles. The second-order valence-corrected chi connectivity index (χ2v) is 4.32. The Labute approximate surface area is 98.8 Å². The Balaban J connectivity index is 2.65. The molecule has 0 aliphatic carbocycles. The predicted molar refractivity (Wildman–Crippen MR) is 68.8 cm³/mol. The molecule has 0 aromatic heterocycles. The molecular weight excluding hydrogens is 198 g/mol. The van der Waals surface area contributed by atoms with E-state index in [4.69, 9.17) is 10.5 Å². The van der Waals surface area contributed by atoms with E-state index >= 15 is 0 Å². The molecule has 90 valence electrons. The van der Waals surface area contributed by atoms with Gasteiger partial charge in [-0.05, 0) is 37.0 Å². The van der Waals surface area contributed by atoms with E-state index < -0.39 is 0 Å². The van der Waals surface area contributed by atoms with E-state index in [1.54, 1.807) is 0 Å². The molecule has 0 atom stereocenters. The summed E-state index contributed by atoms with van der Waals surface area (Å²) in [5.74, 6) is 1.04. The molecule has 2 nitrogen and oxygen atoms in total. The lowest BCUT2D eigenvalue weighted by atomic mass is 10.1. The Morgan fingerprint density at radius 2 is 1.75 bits per heavy atom. The van der Waals surface area contributed by atoms with Gasteiger partial charge in [0.15, 0.2) is 0 Å². The fraction of sp³-hybridized carbons (Fsp3) is 0.571. The molecule has 0 spiro atoms. The van der Waals surface area contributed by atoms with Gasteiger partial charge in [-0.1, -0.05) is 31.9 Å². The molecule has 0 fully saturated rings. The highest BCUT2D eigenvalue weighted by Gasteiger charge is 2.05. The third-order valence-corrected chi connectivity index (χ3v) is 2.75. The van der Waals surface area contributed by atoms with Crippen LogP contribution in [0.4, 0.5) is 0 Å². The lowest BCUT2D eigenvalue weighted by Gasteiger charge is -2.13. The summed E-state index contributed by atoms with van der Waals surface area (Å²) in [6, 6.07) is 4.23. The van der Waals surface area contributed by atoms with Crippen molar-refractivity contribution in [3.05, 3.63) is 28.8 Å². The summed E-state index contributed by atoms with van der Waals surface area (Å²) in [6.45, 7) is 7.78. The van der Waals surface area contributed by atoms with E-state index in [1.807, 2.05) is 0 Å². The lowest BCUT2D eigenvalue weighted by molar-refractivity contribution is 0.302. The van der Waals surface area contributed by atoms with Crippen molar-refractivity contribution in [2.24, 2.45) is 5.73 Å². The van der Waals surface area contributed by atoms with E-state index in [-0.39, 0.29) is 0 Å². The van der Waals surface area contributed by atoms with Gasteiger partial charge in [-0.15, -0.1) is 0 Å². The zero-order chi connectivity index (χ0) is 12.0. The number of benzene rings is 1. The lowest BCUT2D eigenvalue weighted by Crippen LogP contribution is -2.03. The van der Waals surface area contributed by atoms with Gasteiger partial charge < -0.3 is 10.5 Å². The van der Waals surface area contributed by atoms with Crippen LogP contribution in [-0.4, -0.2) is 6.61 Å². The van der Waals surface area contributed by atoms with Gasteiger partial charge in [-0.2, -0.15) is 0 Å². The number of aryl methyl sites for hydroxylation is 2. The van der Waals surface area contributed by atoms with Gasteiger partial charge >= 0.3 is 0 Å². The molecule has 0 radical (unpaired) electrons. The average Bonchev–Trinajstić information content (AvgIpc) is 2.26. The van der Waals surface area contributed by atoms with Crippen molar-refractivity contribution in [2.45, 2.75) is 46.6 Å². The monoisotopic (exact) mass is 221 g/mol. The first-order chi connectivity index (χ1) is 7.69. The Hall–Kier alpha value is -1.02. The van der Waals surface area contributed by atoms with Crippen molar-refractivity contribution in [3.8, 4) is 5.75 Å². The molecule has 1 aromatic carbocycles. The normalized spacial score (nSPS) is 10.5. The Morgan fingerprint density at radius 1 is 1.12 bits per heavy atom. The maximum absolute atomic E-state index is 5.83. The van der Waals surface area contributed by atoms with Crippen LogP contribution < -0.4 is 10.5 Å². The summed E-state index contributed by atoms with van der Waals surface area (Å²) in [5.41, 5.74) is 9.20. The van der Waals surface area contributed by atoms with Crippen LogP contribution in [0.1, 0.15) is 42.9 Å². The third-order valence-electron chi connectivity index (χ3n) is 2.75. The molecule has 1 rings (SSSR count). The van der Waals surface area contributed by atoms with E-state index in [0.717, 1.165) is 18.8 Å². The standard InChI is InChI=1S/C14H23NO/c1-4-5-6-7-16-14-11(2)8-13(10-15)9-12(14)3/h8-9H,4-7,10,15H2,1-3H3. The summed E-state index contributed by atoms with van der Waals surface area (Å²) in [4.78, 5) is 0. The fourth-order valence-electron chi connectivity index (χ4n) is 1.91. The molecule has 0 saturated carbocycles. The van der Waals surface area contributed by atoms with E-state index in [2.05, 4.69) is 32.9 Å². The molecule has 0 heterocycles. The minimum atomic E-state index is 0.595. The molecule has 1 aromatic rings. The minimum absolute atomic E-state index is 0.595. The van der Waals surface area contributed by atoms with Gasteiger partial charge in [-0.25, -0.2) is 0 Å². The molecule has 0 unspecified atom stereocenters. The SMILES string of the molecule is CCCCCOc1c(C)cc(CN)cc1C. The molecule has 0 bridgehead atoms. The molecular formula is C14H23NO. The molecule has 0 amide bonds. The second kappa shape index (κ2) is 6.54. The highest BCUT2D eigenvalue weighted by molar-refractivity contribution is 5.43. The smallest absolute Gasteiger partial charge is 0.125 e. The largest absolute Gasteiger partial charge is 0.493 e. The van der Waals surface area contributed by atoms with Crippen LogP contribution in [-0.2, 0) is 6.54 Å². The second-order valence-electron chi connectivity index (χ2n) is 4.32. The van der Waals surface area contributed by atoms with Crippen LogP contribution in [0.3, 0.4) is 0 Å². The maximum atomic E-state index is 5.83. The topological polar surface area (TPSA) is 35.2 Å². The van der Waals surface area contributed by atoms with Crippen LogP contribution in [0.2, 0.25) is 0 Å². The number of ether oxygens (including phenoxy) is 1. The summed E-state index contributed by atoms with van der Waals surface area (Å²) in [5, 5.41) is 0. The number of nitrogens with two attached hydrogens (primary N) is 1. The molecule has 2 N–H and O–H groups in total. The summed E-state index contributed by atoms with van der Waals surface area (Å²) >= 11 is 0. The van der Waals surface area contributed by atoms with Crippen LogP contribution in [0.5, 0.6) is 5.75 Å². The summed E-state index contributed by atoms with van der Waals surface area (Å²) < 4.78 is 5.83. The fourth-order valence-corrected chi connectivity index (χ4v) is 1.91. The Kier molecular flexibility index (Phi) is 5.33. The predicted octanol–water partition coefficient (Wildman–Crippen LogP) is 3.33. The highest BCUT2D eigenvalue weighted by Crippen LogP contribution is 2.24. The zero-order valence-electron chi connectivity index (χ0n) is 10.7. The van der Waals surface area contributed by atoms with Crippen molar-refractivity contribution >= 4 is 0 Å². The van der Waals surface area contributed by atoms with Gasteiger partial charge in [0.1, 0.15) is 5.75 Å². The van der Waals surface area contributed by atoms with Crippen LogP contribution in [0.25, 0.3) is 0 Å². The van der Waals surface area contributed by atoms with Crippen LogP contribution >= 0.6 is 0 Å². The Morgan fingerprint density at radius 3 is 2.25 bits per heavy atom. The quantitative estimate of drug-likeness (QED) is 0.748. The van der Waals surface area contributed by atoms with Crippen LogP contribution in [0, 0.1) is 13.8 Å². The minimum Gasteiger partial charge on any atom is -0.493 e. The number of hydrogen-bond donors (Lipinski definition) is 1. The van der Waals surface area contributed by atoms with Gasteiger partial charge in [0.2, 0.25) is 0 Å². The van der Waals surface area contributed by atoms with Gasteiger partial charge in [-0.3, -0.25) is 0 Å².